The highest BCUT2D eigenvalue weighted by Crippen LogP contribution is 2.25. The summed E-state index contributed by atoms with van der Waals surface area (Å²) >= 11 is 5.93. The standard InChI is InChI=1S/C19H19ClN2O4/c20-14-2-1-3-17(10-14)26-16-6-4-15(5-7-16)21-18(23)12-22-9-8-13(11-22)19(24)25/h1-7,10,13H,8-9,11-12H2,(H,21,23)(H,24,25). The molecule has 1 aliphatic heterocycles. The first-order valence-corrected chi connectivity index (χ1v) is 8.66. The number of aliphatic carboxylic acids is 1. The Balaban J connectivity index is 1.51. The summed E-state index contributed by atoms with van der Waals surface area (Å²) in [6.45, 7) is 1.22. The number of anilines is 1. The van der Waals surface area contributed by atoms with E-state index in [1.54, 1.807) is 42.5 Å². The van der Waals surface area contributed by atoms with E-state index in [1.807, 2.05) is 11.0 Å². The van der Waals surface area contributed by atoms with E-state index in [2.05, 4.69) is 5.32 Å². The van der Waals surface area contributed by atoms with E-state index in [1.165, 1.54) is 0 Å². The Morgan fingerprint density at radius 1 is 1.19 bits per heavy atom. The average Bonchev–Trinajstić information content (AvgIpc) is 3.05. The molecule has 2 N–H and O–H groups in total. The molecular formula is C19H19ClN2O4. The molecular weight excluding hydrogens is 356 g/mol. The van der Waals surface area contributed by atoms with Crippen LogP contribution >= 0.6 is 11.6 Å². The number of carboxylic acids is 1. The Kier molecular flexibility index (Phi) is 5.75. The first-order valence-electron chi connectivity index (χ1n) is 8.28. The Labute approximate surface area is 156 Å². The molecule has 1 amide bonds. The molecule has 2 aromatic carbocycles. The Morgan fingerprint density at radius 2 is 1.96 bits per heavy atom. The van der Waals surface area contributed by atoms with E-state index in [9.17, 15) is 9.59 Å². The summed E-state index contributed by atoms with van der Waals surface area (Å²) in [5, 5.41) is 12.4. The molecule has 1 unspecified atom stereocenters. The molecule has 1 saturated heterocycles. The first kappa shape index (κ1) is 18.2. The van der Waals surface area contributed by atoms with Gasteiger partial charge in [-0.1, -0.05) is 17.7 Å². The van der Waals surface area contributed by atoms with Crippen LogP contribution < -0.4 is 10.1 Å². The van der Waals surface area contributed by atoms with Gasteiger partial charge in [-0.25, -0.2) is 0 Å². The highest BCUT2D eigenvalue weighted by molar-refractivity contribution is 6.30. The second-order valence-electron chi connectivity index (χ2n) is 6.19. The van der Waals surface area contributed by atoms with E-state index in [-0.39, 0.29) is 18.4 Å². The van der Waals surface area contributed by atoms with Gasteiger partial charge >= 0.3 is 5.97 Å². The van der Waals surface area contributed by atoms with Crippen molar-refractivity contribution in [3.05, 3.63) is 53.6 Å². The number of carboxylic acid groups (broad SMARTS) is 1. The van der Waals surface area contributed by atoms with Crippen molar-refractivity contribution in [3.63, 3.8) is 0 Å². The zero-order chi connectivity index (χ0) is 18.5. The van der Waals surface area contributed by atoms with E-state index in [4.69, 9.17) is 21.4 Å². The van der Waals surface area contributed by atoms with Crippen LogP contribution in [0.25, 0.3) is 0 Å². The number of amides is 1. The highest BCUT2D eigenvalue weighted by atomic mass is 35.5. The molecule has 7 heteroatoms. The van der Waals surface area contributed by atoms with Crippen molar-refractivity contribution < 1.29 is 19.4 Å². The lowest BCUT2D eigenvalue weighted by Gasteiger charge is -2.15. The lowest BCUT2D eigenvalue weighted by molar-refractivity contribution is -0.141. The number of carbonyl (C=O) groups excluding carboxylic acids is 1. The van der Waals surface area contributed by atoms with Crippen LogP contribution in [-0.4, -0.2) is 41.5 Å². The average molecular weight is 375 g/mol. The summed E-state index contributed by atoms with van der Waals surface area (Å²) in [6.07, 6.45) is 0.581. The molecule has 136 valence electrons. The van der Waals surface area contributed by atoms with Crippen LogP contribution in [0, 0.1) is 5.92 Å². The molecule has 0 bridgehead atoms. The van der Waals surface area contributed by atoms with Crippen molar-refractivity contribution in [1.29, 1.82) is 0 Å². The summed E-state index contributed by atoms with van der Waals surface area (Å²) < 4.78 is 5.70. The highest BCUT2D eigenvalue weighted by Gasteiger charge is 2.28. The third kappa shape index (κ3) is 4.97. The quantitative estimate of drug-likeness (QED) is 0.809. The zero-order valence-corrected chi connectivity index (χ0v) is 14.8. The van der Waals surface area contributed by atoms with Gasteiger partial charge in [-0.2, -0.15) is 0 Å². The summed E-state index contributed by atoms with van der Waals surface area (Å²) in [5.41, 5.74) is 0.655. The molecule has 3 rings (SSSR count). The minimum Gasteiger partial charge on any atom is -0.481 e. The van der Waals surface area contributed by atoms with Gasteiger partial charge in [0, 0.05) is 17.3 Å². The number of hydrogen-bond donors (Lipinski definition) is 2. The van der Waals surface area contributed by atoms with Gasteiger partial charge in [0.25, 0.3) is 0 Å². The van der Waals surface area contributed by atoms with E-state index < -0.39 is 5.97 Å². The maximum Gasteiger partial charge on any atom is 0.307 e. The van der Waals surface area contributed by atoms with Crippen LogP contribution in [0.5, 0.6) is 11.5 Å². The fourth-order valence-electron chi connectivity index (χ4n) is 2.85. The predicted octanol–water partition coefficient (Wildman–Crippen LogP) is 3.48. The molecule has 0 aliphatic carbocycles. The van der Waals surface area contributed by atoms with Gasteiger partial charge in [0.1, 0.15) is 11.5 Å². The number of halogens is 1. The third-order valence-electron chi connectivity index (χ3n) is 4.16. The molecule has 0 saturated carbocycles. The number of carbonyl (C=O) groups is 2. The van der Waals surface area contributed by atoms with Crippen molar-refractivity contribution in [2.45, 2.75) is 6.42 Å². The van der Waals surface area contributed by atoms with Gasteiger partial charge in [-0.3, -0.25) is 14.5 Å². The number of benzene rings is 2. The number of likely N-dealkylation sites (tertiary alicyclic amines) is 1. The molecule has 1 aliphatic rings. The number of hydrogen-bond acceptors (Lipinski definition) is 4. The van der Waals surface area contributed by atoms with Crippen molar-refractivity contribution in [2.24, 2.45) is 5.92 Å². The van der Waals surface area contributed by atoms with Gasteiger partial charge in [-0.05, 0) is 55.4 Å². The largest absolute Gasteiger partial charge is 0.481 e. The summed E-state index contributed by atoms with van der Waals surface area (Å²) in [6, 6.07) is 14.1. The molecule has 6 nitrogen and oxygen atoms in total. The Bertz CT molecular complexity index is 794. The summed E-state index contributed by atoms with van der Waals surface area (Å²) in [5.74, 6) is -0.0844. The molecule has 1 fully saturated rings. The number of nitrogens with zero attached hydrogens (tertiary/aromatic N) is 1. The monoisotopic (exact) mass is 374 g/mol. The van der Waals surface area contributed by atoms with Crippen LogP contribution in [0.3, 0.4) is 0 Å². The fourth-order valence-corrected chi connectivity index (χ4v) is 3.03. The van der Waals surface area contributed by atoms with Gasteiger partial charge in [0.15, 0.2) is 0 Å². The first-order chi connectivity index (χ1) is 12.5. The van der Waals surface area contributed by atoms with Crippen molar-refractivity contribution in [2.75, 3.05) is 25.0 Å². The van der Waals surface area contributed by atoms with Gasteiger partial charge in [-0.15, -0.1) is 0 Å². The molecule has 0 aromatic heterocycles. The molecule has 2 aromatic rings. The van der Waals surface area contributed by atoms with Crippen LogP contribution in [0.4, 0.5) is 5.69 Å². The predicted molar refractivity (Wildman–Crippen MR) is 98.8 cm³/mol. The maximum absolute atomic E-state index is 12.1. The number of nitrogens with one attached hydrogen (secondary N) is 1. The molecule has 1 atom stereocenters. The van der Waals surface area contributed by atoms with Crippen molar-refractivity contribution in [3.8, 4) is 11.5 Å². The molecule has 0 radical (unpaired) electrons. The molecule has 0 spiro atoms. The fraction of sp³-hybridized carbons (Fsp3) is 0.263. The van der Waals surface area contributed by atoms with Gasteiger partial charge in [0.05, 0.1) is 12.5 Å². The van der Waals surface area contributed by atoms with Crippen LogP contribution in [-0.2, 0) is 9.59 Å². The van der Waals surface area contributed by atoms with E-state index >= 15 is 0 Å². The van der Waals surface area contributed by atoms with Gasteiger partial charge in [0.2, 0.25) is 5.91 Å². The summed E-state index contributed by atoms with van der Waals surface area (Å²) in [7, 11) is 0. The zero-order valence-electron chi connectivity index (χ0n) is 14.0. The van der Waals surface area contributed by atoms with Crippen LogP contribution in [0.2, 0.25) is 5.02 Å². The maximum atomic E-state index is 12.1. The molecule has 1 heterocycles. The summed E-state index contributed by atoms with van der Waals surface area (Å²) in [4.78, 5) is 24.9. The van der Waals surface area contributed by atoms with Crippen LogP contribution in [0.1, 0.15) is 6.42 Å². The van der Waals surface area contributed by atoms with E-state index in [0.29, 0.717) is 41.7 Å². The Morgan fingerprint density at radius 3 is 2.62 bits per heavy atom. The number of rotatable bonds is 6. The Hall–Kier alpha value is -2.57. The lowest BCUT2D eigenvalue weighted by Crippen LogP contribution is -2.32. The topological polar surface area (TPSA) is 78.9 Å². The molecule has 26 heavy (non-hydrogen) atoms. The SMILES string of the molecule is O=C(CN1CCC(C(=O)O)C1)Nc1ccc(Oc2cccc(Cl)c2)cc1. The van der Waals surface area contributed by atoms with Gasteiger partial charge < -0.3 is 15.2 Å². The van der Waals surface area contributed by atoms with Crippen molar-refractivity contribution >= 4 is 29.2 Å². The van der Waals surface area contributed by atoms with E-state index in [0.717, 1.165) is 0 Å². The minimum atomic E-state index is -0.803. The second-order valence-corrected chi connectivity index (χ2v) is 6.63. The normalized spacial score (nSPS) is 17.0. The smallest absolute Gasteiger partial charge is 0.307 e. The number of ether oxygens (including phenoxy) is 1. The second kappa shape index (κ2) is 8.21. The third-order valence-corrected chi connectivity index (χ3v) is 4.39. The lowest BCUT2D eigenvalue weighted by atomic mass is 10.1. The van der Waals surface area contributed by atoms with Crippen LogP contribution in [0.15, 0.2) is 48.5 Å². The van der Waals surface area contributed by atoms with Crippen molar-refractivity contribution in [1.82, 2.24) is 4.90 Å². The minimum absolute atomic E-state index is 0.167.